The van der Waals surface area contributed by atoms with Gasteiger partial charge in [0, 0.05) is 0 Å². The Hall–Kier alpha value is -1.24. The summed E-state index contributed by atoms with van der Waals surface area (Å²) < 4.78 is 5.43. The highest BCUT2D eigenvalue weighted by Crippen LogP contribution is 2.07. The second kappa shape index (κ2) is 5.42. The Morgan fingerprint density at radius 3 is 3.17 bits per heavy atom. The first kappa shape index (κ1) is 8.85. The van der Waals surface area contributed by atoms with Crippen molar-refractivity contribution in [1.29, 1.82) is 0 Å². The van der Waals surface area contributed by atoms with Crippen molar-refractivity contribution in [3.8, 4) is 5.75 Å². The Morgan fingerprint density at radius 2 is 2.50 bits per heavy atom. The van der Waals surface area contributed by atoms with Crippen LogP contribution in [0.3, 0.4) is 0 Å². The highest BCUT2D eigenvalue weighted by atomic mass is 16.5. The van der Waals surface area contributed by atoms with E-state index in [9.17, 15) is 0 Å². The Morgan fingerprint density at radius 1 is 1.58 bits per heavy atom. The largest absolute Gasteiger partial charge is 0.493 e. The highest BCUT2D eigenvalue weighted by molar-refractivity contribution is 5.19. The second-order valence-corrected chi connectivity index (χ2v) is 2.45. The molecule has 0 atom stereocenters. The molecule has 0 aliphatic rings. The molecule has 1 aromatic rings. The summed E-state index contributed by atoms with van der Waals surface area (Å²) in [5.41, 5.74) is 0. The number of ether oxygens (including phenoxy) is 1. The van der Waals surface area contributed by atoms with Crippen LogP contribution in [0.5, 0.6) is 5.75 Å². The van der Waals surface area contributed by atoms with Crippen LogP contribution >= 0.6 is 0 Å². The van der Waals surface area contributed by atoms with Crippen LogP contribution < -0.4 is 4.74 Å². The number of rotatable bonds is 4. The molecule has 0 bridgehead atoms. The van der Waals surface area contributed by atoms with Gasteiger partial charge in [0.1, 0.15) is 5.75 Å². The summed E-state index contributed by atoms with van der Waals surface area (Å²) in [5.74, 6) is 0.891. The van der Waals surface area contributed by atoms with Gasteiger partial charge in [-0.2, -0.15) is 0 Å². The van der Waals surface area contributed by atoms with Crippen molar-refractivity contribution in [3.05, 3.63) is 42.5 Å². The minimum atomic E-state index is 0.738. The second-order valence-electron chi connectivity index (χ2n) is 2.45. The smallest absolute Gasteiger partial charge is 0.119 e. The van der Waals surface area contributed by atoms with Crippen LogP contribution in [0.4, 0.5) is 0 Å². The Kier molecular flexibility index (Phi) is 4.00. The fourth-order valence-corrected chi connectivity index (χ4v) is 0.878. The van der Waals surface area contributed by atoms with E-state index in [2.05, 4.69) is 12.1 Å². The summed E-state index contributed by atoms with van der Waals surface area (Å²) in [6.45, 7) is 2.75. The minimum Gasteiger partial charge on any atom is -0.493 e. The molecule has 12 heavy (non-hydrogen) atoms. The van der Waals surface area contributed by atoms with Gasteiger partial charge in [0.05, 0.1) is 6.61 Å². The third-order valence-corrected chi connectivity index (χ3v) is 1.47. The molecule has 0 saturated carbocycles. The number of allylic oxidation sites excluding steroid dienone is 1. The van der Waals surface area contributed by atoms with Crippen molar-refractivity contribution in [2.45, 2.75) is 13.3 Å². The van der Waals surface area contributed by atoms with Crippen LogP contribution in [0.1, 0.15) is 13.3 Å². The maximum atomic E-state index is 5.43. The molecule has 0 saturated heterocycles. The Balaban J connectivity index is 2.24. The summed E-state index contributed by atoms with van der Waals surface area (Å²) in [6.07, 6.45) is 5.08. The maximum absolute atomic E-state index is 5.43. The quantitative estimate of drug-likeness (QED) is 0.487. The van der Waals surface area contributed by atoms with E-state index in [0.717, 1.165) is 18.8 Å². The van der Waals surface area contributed by atoms with E-state index >= 15 is 0 Å². The van der Waals surface area contributed by atoms with Crippen LogP contribution in [0.25, 0.3) is 0 Å². The molecule has 1 heteroatoms. The van der Waals surface area contributed by atoms with Crippen molar-refractivity contribution < 1.29 is 4.74 Å². The van der Waals surface area contributed by atoms with E-state index in [4.69, 9.17) is 4.74 Å². The van der Waals surface area contributed by atoms with Crippen molar-refractivity contribution in [1.82, 2.24) is 0 Å². The molecule has 0 N–H and O–H groups in total. The molecule has 0 spiro atoms. The zero-order valence-corrected chi connectivity index (χ0v) is 7.29. The molecule has 0 heterocycles. The first-order valence-electron chi connectivity index (χ1n) is 4.13. The molecule has 1 radical (unpaired) electrons. The van der Waals surface area contributed by atoms with Gasteiger partial charge in [-0.3, -0.25) is 0 Å². The van der Waals surface area contributed by atoms with Gasteiger partial charge in [0.15, 0.2) is 0 Å². The molecule has 1 nitrogen and oxygen atoms in total. The Labute approximate surface area is 73.7 Å². The first-order valence-corrected chi connectivity index (χ1v) is 4.13. The van der Waals surface area contributed by atoms with Crippen LogP contribution in [-0.4, -0.2) is 6.61 Å². The topological polar surface area (TPSA) is 9.23 Å². The van der Waals surface area contributed by atoms with Crippen molar-refractivity contribution >= 4 is 0 Å². The standard InChI is InChI=1S/C11H13O/c1-2-3-7-10-12-11-8-5-4-6-9-11/h2-5,8-9H,7,10H2,1H3. The summed E-state index contributed by atoms with van der Waals surface area (Å²) in [7, 11) is 0. The minimum absolute atomic E-state index is 0.738. The fourth-order valence-electron chi connectivity index (χ4n) is 0.878. The lowest BCUT2D eigenvalue weighted by Gasteiger charge is -2.02. The van der Waals surface area contributed by atoms with Gasteiger partial charge in [0.25, 0.3) is 0 Å². The Bertz CT molecular complexity index is 226. The molecular weight excluding hydrogens is 148 g/mol. The zero-order chi connectivity index (χ0) is 8.65. The third-order valence-electron chi connectivity index (χ3n) is 1.47. The molecular formula is C11H13O. The molecule has 0 unspecified atom stereocenters. The van der Waals surface area contributed by atoms with Gasteiger partial charge in [-0.25, -0.2) is 0 Å². The average molecular weight is 161 g/mol. The number of hydrogen-bond donors (Lipinski definition) is 0. The fraction of sp³-hybridized carbons (Fsp3) is 0.273. The van der Waals surface area contributed by atoms with Crippen LogP contribution in [0.2, 0.25) is 0 Å². The van der Waals surface area contributed by atoms with Gasteiger partial charge in [-0.15, -0.1) is 0 Å². The van der Waals surface area contributed by atoms with E-state index in [0.29, 0.717) is 0 Å². The van der Waals surface area contributed by atoms with Gasteiger partial charge in [-0.05, 0) is 31.5 Å². The number of benzene rings is 1. The lowest BCUT2D eigenvalue weighted by molar-refractivity contribution is 0.325. The van der Waals surface area contributed by atoms with Gasteiger partial charge in [-0.1, -0.05) is 24.3 Å². The van der Waals surface area contributed by atoms with Crippen molar-refractivity contribution in [2.24, 2.45) is 0 Å². The molecule has 1 aromatic carbocycles. The summed E-state index contributed by atoms with van der Waals surface area (Å²) in [5, 5.41) is 0. The molecule has 0 amide bonds. The molecule has 0 aliphatic heterocycles. The zero-order valence-electron chi connectivity index (χ0n) is 7.29. The lowest BCUT2D eigenvalue weighted by atomic mass is 10.3. The van der Waals surface area contributed by atoms with E-state index in [1.807, 2.05) is 37.3 Å². The maximum Gasteiger partial charge on any atom is 0.119 e. The first-order chi connectivity index (χ1) is 5.93. The van der Waals surface area contributed by atoms with E-state index in [1.54, 1.807) is 0 Å². The summed E-state index contributed by atoms with van der Waals surface area (Å²) in [4.78, 5) is 0. The SMILES string of the molecule is CC=CCCOc1c[c]ccc1. The summed E-state index contributed by atoms with van der Waals surface area (Å²) in [6, 6.07) is 10.5. The third kappa shape index (κ3) is 3.24. The molecule has 63 valence electrons. The average Bonchev–Trinajstić information content (AvgIpc) is 2.14. The van der Waals surface area contributed by atoms with Crippen molar-refractivity contribution in [3.63, 3.8) is 0 Å². The molecule has 0 aromatic heterocycles. The predicted octanol–water partition coefficient (Wildman–Crippen LogP) is 2.83. The summed E-state index contributed by atoms with van der Waals surface area (Å²) >= 11 is 0. The molecule has 0 fully saturated rings. The molecule has 0 aliphatic carbocycles. The highest BCUT2D eigenvalue weighted by Gasteiger charge is 1.87. The van der Waals surface area contributed by atoms with Crippen LogP contribution in [0.15, 0.2) is 36.4 Å². The normalized spacial score (nSPS) is 10.4. The van der Waals surface area contributed by atoms with E-state index < -0.39 is 0 Å². The van der Waals surface area contributed by atoms with Gasteiger partial charge in [0.2, 0.25) is 0 Å². The van der Waals surface area contributed by atoms with E-state index in [-0.39, 0.29) is 0 Å². The van der Waals surface area contributed by atoms with E-state index in [1.165, 1.54) is 0 Å². The van der Waals surface area contributed by atoms with Crippen LogP contribution in [0, 0.1) is 6.07 Å². The van der Waals surface area contributed by atoms with Crippen molar-refractivity contribution in [2.75, 3.05) is 6.61 Å². The lowest BCUT2D eigenvalue weighted by Crippen LogP contribution is -1.94. The van der Waals surface area contributed by atoms with Crippen LogP contribution in [-0.2, 0) is 0 Å². The van der Waals surface area contributed by atoms with Gasteiger partial charge < -0.3 is 4.74 Å². The number of hydrogen-bond acceptors (Lipinski definition) is 1. The molecule has 1 rings (SSSR count). The monoisotopic (exact) mass is 161 g/mol. The predicted molar refractivity (Wildman–Crippen MR) is 50.2 cm³/mol. The van der Waals surface area contributed by atoms with Gasteiger partial charge >= 0.3 is 0 Å².